The number of aliphatic hydroxyl groups is 1. The summed E-state index contributed by atoms with van der Waals surface area (Å²) in [7, 11) is 1.56. The predicted octanol–water partition coefficient (Wildman–Crippen LogP) is 3.13. The molecule has 4 rings (SSSR count). The number of carbonyl (C=O) groups is 1. The average Bonchev–Trinajstić information content (AvgIpc) is 3.29. The summed E-state index contributed by atoms with van der Waals surface area (Å²) >= 11 is 0. The summed E-state index contributed by atoms with van der Waals surface area (Å²) in [6, 6.07) is 14.0. The van der Waals surface area contributed by atoms with Crippen LogP contribution in [-0.4, -0.2) is 64.0 Å². The number of fused-ring (bicyclic) bond motifs is 1. The first-order valence-electron chi connectivity index (χ1n) is 10.9. The number of imidazole rings is 1. The van der Waals surface area contributed by atoms with Crippen molar-refractivity contribution in [3.8, 4) is 34.1 Å². The number of H-pyrrole nitrogens is 1. The molecule has 9 heteroatoms. The zero-order chi connectivity index (χ0) is 24.1. The van der Waals surface area contributed by atoms with Gasteiger partial charge in [-0.15, -0.1) is 0 Å². The molecule has 0 saturated heterocycles. The van der Waals surface area contributed by atoms with Crippen molar-refractivity contribution in [3.05, 3.63) is 60.3 Å². The quantitative estimate of drug-likeness (QED) is 0.301. The van der Waals surface area contributed by atoms with Gasteiger partial charge >= 0.3 is 0 Å². The minimum atomic E-state index is -0.778. The van der Waals surface area contributed by atoms with Crippen molar-refractivity contribution in [2.24, 2.45) is 0 Å². The number of aromatic nitrogens is 3. The second-order valence-electron chi connectivity index (χ2n) is 7.63. The van der Waals surface area contributed by atoms with E-state index in [-0.39, 0.29) is 24.8 Å². The lowest BCUT2D eigenvalue weighted by atomic mass is 10.0. The van der Waals surface area contributed by atoms with Gasteiger partial charge in [0.25, 0.3) is 5.91 Å². The molecule has 2 aromatic heterocycles. The smallest absolute Gasteiger partial charge is 0.251 e. The molecule has 0 aliphatic rings. The van der Waals surface area contributed by atoms with Crippen molar-refractivity contribution >= 4 is 16.9 Å². The molecule has 1 unspecified atom stereocenters. The first-order chi connectivity index (χ1) is 16.5. The molecule has 2 aromatic carbocycles. The molecule has 4 aromatic rings. The number of amides is 1. The van der Waals surface area contributed by atoms with Crippen LogP contribution in [0.15, 0.2) is 54.7 Å². The van der Waals surface area contributed by atoms with E-state index in [1.807, 2.05) is 19.1 Å². The average molecular weight is 463 g/mol. The number of rotatable bonds is 9. The van der Waals surface area contributed by atoms with Gasteiger partial charge in [0.1, 0.15) is 11.6 Å². The number of nitrogens with zero attached hydrogens (tertiary/aromatic N) is 2. The number of methoxy groups -OCH3 is 1. The van der Waals surface area contributed by atoms with Gasteiger partial charge in [-0.1, -0.05) is 6.07 Å². The Hall–Kier alpha value is -3.95. The van der Waals surface area contributed by atoms with Gasteiger partial charge in [0.05, 0.1) is 36.4 Å². The molecule has 0 spiro atoms. The Labute approximate surface area is 196 Å². The van der Waals surface area contributed by atoms with Crippen molar-refractivity contribution in [1.82, 2.24) is 20.3 Å². The summed E-state index contributed by atoms with van der Waals surface area (Å²) < 4.78 is 10.5. The summed E-state index contributed by atoms with van der Waals surface area (Å²) in [6.45, 7) is 2.58. The summed E-state index contributed by atoms with van der Waals surface area (Å²) in [6.07, 6.45) is 0.871. The highest BCUT2D eigenvalue weighted by molar-refractivity contribution is 5.97. The van der Waals surface area contributed by atoms with Crippen molar-refractivity contribution in [2.45, 2.75) is 13.0 Å². The highest BCUT2D eigenvalue weighted by Gasteiger charge is 2.15. The molecule has 0 fully saturated rings. The lowest BCUT2D eigenvalue weighted by Crippen LogP contribution is -2.34. The van der Waals surface area contributed by atoms with Gasteiger partial charge in [-0.25, -0.2) is 9.97 Å². The fourth-order valence-corrected chi connectivity index (χ4v) is 3.57. The van der Waals surface area contributed by atoms with Crippen molar-refractivity contribution in [2.75, 3.05) is 26.9 Å². The molecular weight excluding hydrogens is 436 g/mol. The number of aromatic hydroxyl groups is 1. The van der Waals surface area contributed by atoms with E-state index in [4.69, 9.17) is 9.47 Å². The lowest BCUT2D eigenvalue weighted by Gasteiger charge is -2.11. The van der Waals surface area contributed by atoms with Crippen molar-refractivity contribution < 1.29 is 24.5 Å². The number of carbonyl (C=O) groups excluding carboxylic acids is 1. The highest BCUT2D eigenvalue weighted by atomic mass is 16.5. The van der Waals surface area contributed by atoms with E-state index in [2.05, 4.69) is 20.3 Å². The molecule has 1 atom stereocenters. The number of pyridine rings is 1. The zero-order valence-electron chi connectivity index (χ0n) is 18.9. The number of aliphatic hydroxyl groups excluding tert-OH is 1. The maximum Gasteiger partial charge on any atom is 0.251 e. The number of ether oxygens (including phenoxy) is 2. The largest absolute Gasteiger partial charge is 0.507 e. The van der Waals surface area contributed by atoms with Gasteiger partial charge in [0.15, 0.2) is 0 Å². The minimum Gasteiger partial charge on any atom is -0.507 e. The van der Waals surface area contributed by atoms with E-state index >= 15 is 0 Å². The van der Waals surface area contributed by atoms with Gasteiger partial charge in [-0.2, -0.15) is 0 Å². The zero-order valence-corrected chi connectivity index (χ0v) is 18.9. The Balaban J connectivity index is 1.59. The van der Waals surface area contributed by atoms with Crippen LogP contribution in [0.25, 0.3) is 33.5 Å². The van der Waals surface area contributed by atoms with Gasteiger partial charge in [0, 0.05) is 30.5 Å². The highest BCUT2D eigenvalue weighted by Crippen LogP contribution is 2.35. The maximum absolute atomic E-state index is 12.5. The van der Waals surface area contributed by atoms with Gasteiger partial charge in [-0.3, -0.25) is 4.79 Å². The summed E-state index contributed by atoms with van der Waals surface area (Å²) in [5.74, 6) is 0.682. The van der Waals surface area contributed by atoms with Crippen LogP contribution in [0.2, 0.25) is 0 Å². The molecule has 0 aliphatic heterocycles. The standard InChI is InChI=1S/C25H26N4O5/c1-3-34-14-17(30)13-27-24(32)16-6-8-20-21(12-16)29-23(28-20)19-11-15(7-9-22(19)31)18-5-4-10-26-25(18)33-2/h4-12,17,30-31H,3,13-14H2,1-2H3,(H,27,32)(H,28,29). The van der Waals surface area contributed by atoms with Crippen LogP contribution >= 0.6 is 0 Å². The molecule has 34 heavy (non-hydrogen) atoms. The van der Waals surface area contributed by atoms with Crippen LogP contribution in [0.3, 0.4) is 0 Å². The number of hydrogen-bond donors (Lipinski definition) is 4. The molecule has 0 radical (unpaired) electrons. The number of aromatic amines is 1. The summed E-state index contributed by atoms with van der Waals surface area (Å²) in [4.78, 5) is 24.5. The number of nitrogens with one attached hydrogen (secondary N) is 2. The van der Waals surface area contributed by atoms with Crippen molar-refractivity contribution in [1.29, 1.82) is 0 Å². The number of phenolic OH excluding ortho intramolecular Hbond substituents is 1. The number of hydrogen-bond acceptors (Lipinski definition) is 7. The Kier molecular flexibility index (Phi) is 7.05. The fourth-order valence-electron chi connectivity index (χ4n) is 3.57. The summed E-state index contributed by atoms with van der Waals surface area (Å²) in [5.41, 5.74) is 3.80. The second-order valence-corrected chi connectivity index (χ2v) is 7.63. The van der Waals surface area contributed by atoms with Crippen molar-refractivity contribution in [3.63, 3.8) is 0 Å². The first kappa shape index (κ1) is 23.2. The van der Waals surface area contributed by atoms with Crippen LogP contribution in [-0.2, 0) is 4.74 Å². The van der Waals surface area contributed by atoms with Crippen LogP contribution in [0, 0.1) is 0 Å². The van der Waals surface area contributed by atoms with Crippen LogP contribution in [0.5, 0.6) is 11.6 Å². The molecule has 0 bridgehead atoms. The molecule has 0 aliphatic carbocycles. The Morgan fingerprint density at radius 1 is 1.18 bits per heavy atom. The first-order valence-corrected chi connectivity index (χ1v) is 10.9. The van der Waals surface area contributed by atoms with Crippen LogP contribution in [0.1, 0.15) is 17.3 Å². The van der Waals surface area contributed by atoms with E-state index in [9.17, 15) is 15.0 Å². The Bertz CT molecular complexity index is 1300. The monoisotopic (exact) mass is 462 g/mol. The Morgan fingerprint density at radius 2 is 2.03 bits per heavy atom. The topological polar surface area (TPSA) is 130 Å². The molecule has 2 heterocycles. The van der Waals surface area contributed by atoms with Gasteiger partial charge in [0.2, 0.25) is 5.88 Å². The van der Waals surface area contributed by atoms with Gasteiger partial charge in [-0.05, 0) is 55.0 Å². The van der Waals surface area contributed by atoms with E-state index in [0.717, 1.165) is 11.1 Å². The van der Waals surface area contributed by atoms with Crippen LogP contribution < -0.4 is 10.1 Å². The SMILES string of the molecule is CCOCC(O)CNC(=O)c1ccc2nc(-c3cc(-c4cccnc4OC)ccc3O)[nH]c2c1. The van der Waals surface area contributed by atoms with E-state index in [1.165, 1.54) is 0 Å². The molecular formula is C25H26N4O5. The lowest BCUT2D eigenvalue weighted by molar-refractivity contribution is 0.0418. The predicted molar refractivity (Wildman–Crippen MR) is 128 cm³/mol. The third kappa shape index (κ3) is 5.00. The van der Waals surface area contributed by atoms with Gasteiger partial charge < -0.3 is 30.0 Å². The van der Waals surface area contributed by atoms with Crippen LogP contribution in [0.4, 0.5) is 0 Å². The number of phenols is 1. The Morgan fingerprint density at radius 3 is 2.82 bits per heavy atom. The number of benzene rings is 2. The minimum absolute atomic E-state index is 0.0620. The van der Waals surface area contributed by atoms with E-state index in [0.29, 0.717) is 40.5 Å². The molecule has 9 nitrogen and oxygen atoms in total. The van der Waals surface area contributed by atoms with E-state index < -0.39 is 6.10 Å². The third-order valence-electron chi connectivity index (χ3n) is 5.28. The normalized spacial score (nSPS) is 12.0. The molecule has 176 valence electrons. The molecule has 4 N–H and O–H groups in total. The second kappa shape index (κ2) is 10.3. The third-order valence-corrected chi connectivity index (χ3v) is 5.28. The molecule has 1 amide bonds. The molecule has 0 saturated carbocycles. The summed E-state index contributed by atoms with van der Waals surface area (Å²) in [5, 5.41) is 23.1. The van der Waals surface area contributed by atoms with E-state index in [1.54, 1.807) is 49.7 Å². The fraction of sp³-hybridized carbons (Fsp3) is 0.240. The maximum atomic E-state index is 12.5.